The van der Waals surface area contributed by atoms with E-state index in [9.17, 15) is 14.0 Å². The van der Waals surface area contributed by atoms with E-state index in [-0.39, 0.29) is 18.3 Å². The summed E-state index contributed by atoms with van der Waals surface area (Å²) in [4.78, 5) is 31.0. The normalized spacial score (nSPS) is 13.7. The Hall–Kier alpha value is -4.79. The Bertz CT molecular complexity index is 1510. The van der Waals surface area contributed by atoms with Crippen LogP contribution in [0.5, 0.6) is 11.5 Å². The lowest BCUT2D eigenvalue weighted by atomic mass is 9.97. The van der Waals surface area contributed by atoms with Gasteiger partial charge in [0.1, 0.15) is 29.9 Å². The van der Waals surface area contributed by atoms with Gasteiger partial charge in [-0.1, -0.05) is 37.6 Å². The summed E-state index contributed by atoms with van der Waals surface area (Å²) in [5, 5.41) is 2.90. The zero-order chi connectivity index (χ0) is 28.9. The van der Waals surface area contributed by atoms with Crippen molar-refractivity contribution >= 4 is 23.3 Å². The van der Waals surface area contributed by atoms with Crippen molar-refractivity contribution in [3.8, 4) is 17.2 Å². The molecule has 0 spiro atoms. The molecule has 4 aromatic rings. The van der Waals surface area contributed by atoms with Crippen molar-refractivity contribution in [3.63, 3.8) is 0 Å². The Morgan fingerprint density at radius 1 is 0.927 bits per heavy atom. The third-order valence-corrected chi connectivity index (χ3v) is 7.17. The molecule has 0 bridgehead atoms. The molecular weight excluding hydrogens is 523 g/mol. The molecule has 0 saturated carbocycles. The maximum Gasteiger partial charge on any atom is 0.322 e. The molecular formula is C32H33FN4O4. The molecule has 0 radical (unpaired) electrons. The van der Waals surface area contributed by atoms with Gasteiger partial charge >= 0.3 is 6.03 Å². The molecule has 0 aliphatic carbocycles. The van der Waals surface area contributed by atoms with Crippen LogP contribution in [0.15, 0.2) is 85.1 Å². The molecule has 1 aromatic heterocycles. The third-order valence-electron chi connectivity index (χ3n) is 7.17. The number of para-hydroxylation sites is 2. The molecule has 1 aliphatic heterocycles. The van der Waals surface area contributed by atoms with Gasteiger partial charge in [0.25, 0.3) is 0 Å². The Labute approximate surface area is 238 Å². The van der Waals surface area contributed by atoms with E-state index >= 15 is 0 Å². The van der Waals surface area contributed by atoms with E-state index in [1.54, 1.807) is 35.2 Å². The molecule has 1 aliphatic rings. The monoisotopic (exact) mass is 556 g/mol. The molecule has 2 heterocycles. The molecule has 9 heteroatoms. The zero-order valence-corrected chi connectivity index (χ0v) is 23.3. The SMILES string of the molecule is CCCCN(CC(=O)N1c2ccccc2-n2cccc2C1c1ccc(F)cc1)C(=O)Nc1cc(OC)cc(OC)c1. The van der Waals surface area contributed by atoms with Gasteiger partial charge in [-0.05, 0) is 48.4 Å². The van der Waals surface area contributed by atoms with E-state index in [1.807, 2.05) is 54.1 Å². The van der Waals surface area contributed by atoms with E-state index in [0.29, 0.717) is 29.4 Å². The van der Waals surface area contributed by atoms with Crippen molar-refractivity contribution < 1.29 is 23.5 Å². The van der Waals surface area contributed by atoms with Gasteiger partial charge in [0.15, 0.2) is 0 Å². The summed E-state index contributed by atoms with van der Waals surface area (Å²) < 4.78 is 26.6. The predicted molar refractivity (Wildman–Crippen MR) is 157 cm³/mol. The number of nitrogens with one attached hydrogen (secondary N) is 1. The molecule has 1 atom stereocenters. The van der Waals surface area contributed by atoms with Crippen LogP contribution in [0, 0.1) is 5.82 Å². The number of rotatable bonds is 9. The largest absolute Gasteiger partial charge is 0.497 e. The minimum Gasteiger partial charge on any atom is -0.497 e. The Morgan fingerprint density at radius 3 is 2.27 bits per heavy atom. The average molecular weight is 557 g/mol. The topological polar surface area (TPSA) is 76.0 Å². The summed E-state index contributed by atoms with van der Waals surface area (Å²) in [6.45, 7) is 2.27. The van der Waals surface area contributed by atoms with Crippen LogP contribution in [-0.4, -0.2) is 48.7 Å². The van der Waals surface area contributed by atoms with E-state index in [1.165, 1.54) is 31.3 Å². The number of halogens is 1. The van der Waals surface area contributed by atoms with Crippen molar-refractivity contribution in [1.29, 1.82) is 0 Å². The van der Waals surface area contributed by atoms with Crippen LogP contribution in [0.1, 0.15) is 37.1 Å². The molecule has 0 saturated heterocycles. The first-order valence-electron chi connectivity index (χ1n) is 13.6. The highest BCUT2D eigenvalue weighted by atomic mass is 19.1. The van der Waals surface area contributed by atoms with Crippen LogP contribution in [0.3, 0.4) is 0 Å². The molecule has 1 N–H and O–H groups in total. The standard InChI is InChI=1S/C32H33FN4O4/c1-4-5-16-35(32(39)34-24-18-25(40-2)20-26(19-24)41-3)21-30(38)37-28-10-7-6-9-27(28)36-17-8-11-29(36)31(37)22-12-14-23(33)15-13-22/h6-15,17-20,31H,4-5,16,21H2,1-3H3,(H,34,39). The van der Waals surface area contributed by atoms with E-state index < -0.39 is 12.1 Å². The highest BCUT2D eigenvalue weighted by Crippen LogP contribution is 2.42. The number of urea groups is 1. The van der Waals surface area contributed by atoms with Crippen LogP contribution in [0.25, 0.3) is 5.69 Å². The fourth-order valence-corrected chi connectivity index (χ4v) is 5.15. The van der Waals surface area contributed by atoms with Crippen molar-refractivity contribution in [2.75, 3.05) is 37.5 Å². The molecule has 3 aromatic carbocycles. The van der Waals surface area contributed by atoms with Crippen LogP contribution in [0.4, 0.5) is 20.6 Å². The number of benzene rings is 3. The first-order valence-corrected chi connectivity index (χ1v) is 13.6. The smallest absolute Gasteiger partial charge is 0.322 e. The maximum absolute atomic E-state index is 14.3. The van der Waals surface area contributed by atoms with E-state index in [2.05, 4.69) is 5.32 Å². The minimum atomic E-state index is -0.508. The van der Waals surface area contributed by atoms with E-state index in [4.69, 9.17) is 9.47 Å². The molecule has 3 amide bonds. The van der Waals surface area contributed by atoms with E-state index in [0.717, 1.165) is 29.8 Å². The van der Waals surface area contributed by atoms with Crippen LogP contribution in [0.2, 0.25) is 0 Å². The second kappa shape index (κ2) is 12.2. The van der Waals surface area contributed by atoms with Crippen molar-refractivity contribution in [1.82, 2.24) is 9.47 Å². The van der Waals surface area contributed by atoms with Crippen LogP contribution < -0.4 is 19.7 Å². The number of carbonyl (C=O) groups is 2. The van der Waals surface area contributed by atoms with Gasteiger partial charge in [-0.3, -0.25) is 9.69 Å². The molecule has 8 nitrogen and oxygen atoms in total. The lowest BCUT2D eigenvalue weighted by Crippen LogP contribution is -2.48. The summed E-state index contributed by atoms with van der Waals surface area (Å²) >= 11 is 0. The summed E-state index contributed by atoms with van der Waals surface area (Å²) in [6.07, 6.45) is 3.53. The number of unbranched alkanes of at least 4 members (excludes halogenated alkanes) is 1. The molecule has 41 heavy (non-hydrogen) atoms. The number of nitrogens with zero attached hydrogens (tertiary/aromatic N) is 3. The number of amides is 3. The first-order chi connectivity index (χ1) is 19.9. The summed E-state index contributed by atoms with van der Waals surface area (Å²) in [5.74, 6) is 0.459. The van der Waals surface area contributed by atoms with Gasteiger partial charge in [-0.25, -0.2) is 9.18 Å². The number of carbonyl (C=O) groups excluding carboxylic acids is 2. The number of hydrogen-bond donors (Lipinski definition) is 1. The van der Waals surface area contributed by atoms with Crippen molar-refractivity contribution in [3.05, 3.63) is 102 Å². The zero-order valence-electron chi connectivity index (χ0n) is 23.3. The summed E-state index contributed by atoms with van der Waals surface area (Å²) in [6, 6.07) is 21.9. The fraction of sp³-hybridized carbons (Fsp3) is 0.250. The second-order valence-electron chi connectivity index (χ2n) is 9.82. The van der Waals surface area contributed by atoms with Gasteiger partial charge in [0, 0.05) is 36.6 Å². The number of aromatic nitrogens is 1. The van der Waals surface area contributed by atoms with Crippen LogP contribution >= 0.6 is 0 Å². The van der Waals surface area contributed by atoms with Gasteiger partial charge in [0.2, 0.25) is 5.91 Å². The minimum absolute atomic E-state index is 0.153. The fourth-order valence-electron chi connectivity index (χ4n) is 5.15. The van der Waals surface area contributed by atoms with Crippen molar-refractivity contribution in [2.45, 2.75) is 25.8 Å². The maximum atomic E-state index is 14.3. The van der Waals surface area contributed by atoms with Gasteiger partial charge in [-0.15, -0.1) is 0 Å². The van der Waals surface area contributed by atoms with Gasteiger partial charge < -0.3 is 24.3 Å². The molecule has 0 fully saturated rings. The lowest BCUT2D eigenvalue weighted by Gasteiger charge is -2.39. The Kier molecular flexibility index (Phi) is 8.24. The first kappa shape index (κ1) is 27.8. The summed E-state index contributed by atoms with van der Waals surface area (Å²) in [5.41, 5.74) is 3.69. The van der Waals surface area contributed by atoms with Crippen LogP contribution in [-0.2, 0) is 4.79 Å². The molecule has 1 unspecified atom stereocenters. The highest BCUT2D eigenvalue weighted by Gasteiger charge is 2.37. The predicted octanol–water partition coefficient (Wildman–Crippen LogP) is 6.40. The average Bonchev–Trinajstić information content (AvgIpc) is 3.49. The Balaban J connectivity index is 1.48. The number of ether oxygens (including phenoxy) is 2. The number of methoxy groups -OCH3 is 2. The molecule has 212 valence electrons. The van der Waals surface area contributed by atoms with Gasteiger partial charge in [-0.2, -0.15) is 0 Å². The number of fused-ring (bicyclic) bond motifs is 3. The Morgan fingerprint density at radius 2 is 1.61 bits per heavy atom. The number of hydrogen-bond acceptors (Lipinski definition) is 4. The number of anilines is 2. The van der Waals surface area contributed by atoms with Crippen molar-refractivity contribution in [2.24, 2.45) is 0 Å². The highest BCUT2D eigenvalue weighted by molar-refractivity contribution is 6.01. The third kappa shape index (κ3) is 5.75. The summed E-state index contributed by atoms with van der Waals surface area (Å²) in [7, 11) is 3.08. The van der Waals surface area contributed by atoms with Gasteiger partial charge in [0.05, 0.1) is 31.3 Å². The lowest BCUT2D eigenvalue weighted by molar-refractivity contribution is -0.119. The quantitative estimate of drug-likeness (QED) is 0.259. The second-order valence-corrected chi connectivity index (χ2v) is 9.82. The molecule has 5 rings (SSSR count).